The summed E-state index contributed by atoms with van der Waals surface area (Å²) in [6, 6.07) is 0. The molecule has 2 saturated heterocycles. The normalized spacial score (nSPS) is 32.2. The lowest BCUT2D eigenvalue weighted by Gasteiger charge is -2.43. The predicted molar refractivity (Wildman–Crippen MR) is 68.3 cm³/mol. The van der Waals surface area contributed by atoms with Gasteiger partial charge in [-0.2, -0.15) is 0 Å². The average molecular weight is 252 g/mol. The van der Waals surface area contributed by atoms with Crippen LogP contribution in [0.3, 0.4) is 0 Å². The minimum atomic E-state index is -0.285. The SMILES string of the molecule is CC1(C)OB(C2=CCC3(COC3)OC2)OC1(C)C. The second kappa shape index (κ2) is 3.82. The van der Waals surface area contributed by atoms with Crippen molar-refractivity contribution in [3.8, 4) is 0 Å². The minimum Gasteiger partial charge on any atom is -0.400 e. The monoisotopic (exact) mass is 252 g/mol. The largest absolute Gasteiger partial charge is 0.492 e. The van der Waals surface area contributed by atoms with E-state index in [1.54, 1.807) is 0 Å². The maximum absolute atomic E-state index is 6.02. The van der Waals surface area contributed by atoms with E-state index in [0.29, 0.717) is 19.8 Å². The molecule has 18 heavy (non-hydrogen) atoms. The zero-order chi connectivity index (χ0) is 13.0. The molecule has 3 heterocycles. The summed E-state index contributed by atoms with van der Waals surface area (Å²) in [5.41, 5.74) is 0.472. The van der Waals surface area contributed by atoms with E-state index in [1.807, 2.05) is 0 Å². The van der Waals surface area contributed by atoms with Crippen LogP contribution in [0.4, 0.5) is 0 Å². The molecule has 0 saturated carbocycles. The highest BCUT2D eigenvalue weighted by Gasteiger charge is 2.53. The summed E-state index contributed by atoms with van der Waals surface area (Å²) in [5, 5.41) is 0. The van der Waals surface area contributed by atoms with Crippen LogP contribution in [0.2, 0.25) is 0 Å². The lowest BCUT2D eigenvalue weighted by molar-refractivity contribution is -0.206. The molecule has 0 amide bonds. The van der Waals surface area contributed by atoms with Gasteiger partial charge in [-0.3, -0.25) is 0 Å². The zero-order valence-corrected chi connectivity index (χ0v) is 11.6. The molecule has 0 aliphatic carbocycles. The van der Waals surface area contributed by atoms with Crippen molar-refractivity contribution in [1.82, 2.24) is 0 Å². The van der Waals surface area contributed by atoms with Gasteiger partial charge in [0.1, 0.15) is 5.60 Å². The van der Waals surface area contributed by atoms with Gasteiger partial charge in [0, 0.05) is 0 Å². The topological polar surface area (TPSA) is 36.9 Å². The molecule has 4 nitrogen and oxygen atoms in total. The van der Waals surface area contributed by atoms with Crippen LogP contribution in [0.15, 0.2) is 11.5 Å². The lowest BCUT2D eigenvalue weighted by atomic mass is 9.75. The Balaban J connectivity index is 1.71. The molecule has 0 radical (unpaired) electrons. The van der Waals surface area contributed by atoms with Gasteiger partial charge in [0.15, 0.2) is 0 Å². The standard InChI is InChI=1S/C13H21BO4/c1-11(2)12(3,4)18-14(17-11)10-5-6-13(16-7-10)8-15-9-13/h5H,6-9H2,1-4H3. The number of rotatable bonds is 1. The van der Waals surface area contributed by atoms with Crippen LogP contribution in [0, 0.1) is 0 Å². The molecule has 3 aliphatic heterocycles. The van der Waals surface area contributed by atoms with E-state index < -0.39 is 0 Å². The van der Waals surface area contributed by atoms with Crippen molar-refractivity contribution in [1.29, 1.82) is 0 Å². The molecule has 0 bridgehead atoms. The fourth-order valence-corrected chi connectivity index (χ4v) is 2.36. The second-order valence-electron chi connectivity index (χ2n) is 6.54. The van der Waals surface area contributed by atoms with Gasteiger partial charge in [0.05, 0.1) is 31.0 Å². The summed E-state index contributed by atoms with van der Waals surface area (Å²) in [7, 11) is -0.270. The summed E-state index contributed by atoms with van der Waals surface area (Å²) >= 11 is 0. The Hall–Kier alpha value is -0.355. The molecule has 3 rings (SSSR count). The van der Waals surface area contributed by atoms with Crippen LogP contribution < -0.4 is 0 Å². The Labute approximate surface area is 109 Å². The van der Waals surface area contributed by atoms with E-state index in [9.17, 15) is 0 Å². The third-order valence-electron chi connectivity index (χ3n) is 4.57. The third kappa shape index (κ3) is 1.85. The van der Waals surface area contributed by atoms with E-state index in [4.69, 9.17) is 18.8 Å². The highest BCUT2D eigenvalue weighted by molar-refractivity contribution is 6.54. The smallest absolute Gasteiger partial charge is 0.400 e. The Morgan fingerprint density at radius 2 is 1.67 bits per heavy atom. The molecule has 100 valence electrons. The van der Waals surface area contributed by atoms with Gasteiger partial charge in [0.2, 0.25) is 0 Å². The van der Waals surface area contributed by atoms with Gasteiger partial charge in [-0.1, -0.05) is 6.08 Å². The summed E-state index contributed by atoms with van der Waals surface area (Å²) < 4.78 is 23.2. The average Bonchev–Trinajstić information content (AvgIpc) is 2.46. The molecular formula is C13H21BO4. The van der Waals surface area contributed by atoms with Crippen LogP contribution in [0.1, 0.15) is 34.1 Å². The number of ether oxygens (including phenoxy) is 2. The van der Waals surface area contributed by atoms with Crippen LogP contribution in [-0.2, 0) is 18.8 Å². The first-order chi connectivity index (χ1) is 8.34. The fourth-order valence-electron chi connectivity index (χ4n) is 2.36. The fraction of sp³-hybridized carbons (Fsp3) is 0.846. The van der Waals surface area contributed by atoms with Crippen LogP contribution in [0.25, 0.3) is 0 Å². The van der Waals surface area contributed by atoms with Crippen molar-refractivity contribution in [2.24, 2.45) is 0 Å². The summed E-state index contributed by atoms with van der Waals surface area (Å²) in [6.07, 6.45) is 3.10. The maximum Gasteiger partial charge on any atom is 0.492 e. The van der Waals surface area contributed by atoms with Gasteiger partial charge < -0.3 is 18.8 Å². The quantitative estimate of drug-likeness (QED) is 0.666. The van der Waals surface area contributed by atoms with Crippen LogP contribution >= 0.6 is 0 Å². The van der Waals surface area contributed by atoms with Gasteiger partial charge in [-0.25, -0.2) is 0 Å². The Bertz CT molecular complexity index is 368. The van der Waals surface area contributed by atoms with Gasteiger partial charge in [-0.05, 0) is 39.6 Å². The molecule has 0 aromatic heterocycles. The molecule has 5 heteroatoms. The van der Waals surface area contributed by atoms with Crippen molar-refractivity contribution in [3.63, 3.8) is 0 Å². The van der Waals surface area contributed by atoms with E-state index in [1.165, 1.54) is 0 Å². The molecule has 0 atom stereocenters. The third-order valence-corrected chi connectivity index (χ3v) is 4.57. The number of hydrogen-bond donors (Lipinski definition) is 0. The molecule has 3 aliphatic rings. The van der Waals surface area contributed by atoms with Gasteiger partial charge in [-0.15, -0.1) is 0 Å². The first-order valence-electron chi connectivity index (χ1n) is 6.60. The highest BCUT2D eigenvalue weighted by Crippen LogP contribution is 2.40. The summed E-state index contributed by atoms with van der Waals surface area (Å²) in [5.74, 6) is 0. The molecule has 1 spiro atoms. The second-order valence-corrected chi connectivity index (χ2v) is 6.54. The Kier molecular flexibility index (Phi) is 2.69. The maximum atomic E-state index is 6.02. The van der Waals surface area contributed by atoms with E-state index in [-0.39, 0.29) is 23.9 Å². The van der Waals surface area contributed by atoms with E-state index >= 15 is 0 Å². The van der Waals surface area contributed by atoms with Crippen molar-refractivity contribution in [2.75, 3.05) is 19.8 Å². The highest BCUT2D eigenvalue weighted by atomic mass is 16.7. The molecular weight excluding hydrogens is 231 g/mol. The first-order valence-corrected chi connectivity index (χ1v) is 6.60. The van der Waals surface area contributed by atoms with Gasteiger partial charge in [0.25, 0.3) is 0 Å². The van der Waals surface area contributed by atoms with Crippen LogP contribution in [0.5, 0.6) is 0 Å². The predicted octanol–water partition coefficient (Wildman–Crippen LogP) is 1.73. The Morgan fingerprint density at radius 1 is 1.06 bits per heavy atom. The van der Waals surface area contributed by atoms with Crippen molar-refractivity contribution >= 4 is 7.12 Å². The van der Waals surface area contributed by atoms with E-state index in [2.05, 4.69) is 33.8 Å². The zero-order valence-electron chi connectivity index (χ0n) is 11.6. The van der Waals surface area contributed by atoms with E-state index in [0.717, 1.165) is 11.9 Å². The molecule has 0 aromatic carbocycles. The van der Waals surface area contributed by atoms with Crippen molar-refractivity contribution in [2.45, 2.75) is 50.9 Å². The van der Waals surface area contributed by atoms with Crippen molar-refractivity contribution in [3.05, 3.63) is 11.5 Å². The Morgan fingerprint density at radius 3 is 2.06 bits per heavy atom. The van der Waals surface area contributed by atoms with Gasteiger partial charge >= 0.3 is 7.12 Å². The molecule has 0 N–H and O–H groups in total. The summed E-state index contributed by atoms with van der Waals surface area (Å²) in [4.78, 5) is 0. The first kappa shape index (κ1) is 12.7. The molecule has 0 unspecified atom stereocenters. The summed E-state index contributed by atoms with van der Waals surface area (Å²) in [6.45, 7) is 10.3. The number of hydrogen-bond acceptors (Lipinski definition) is 4. The van der Waals surface area contributed by atoms with Crippen LogP contribution in [-0.4, -0.2) is 43.7 Å². The minimum absolute atomic E-state index is 0.0624. The van der Waals surface area contributed by atoms with Crippen molar-refractivity contribution < 1.29 is 18.8 Å². The molecule has 0 aromatic rings. The molecule has 2 fully saturated rings. The lowest BCUT2D eigenvalue weighted by Crippen LogP contribution is -2.53.